The third-order valence-corrected chi connectivity index (χ3v) is 5.89. The number of para-hydroxylation sites is 1. The molecule has 1 fully saturated rings. The van der Waals surface area contributed by atoms with Crippen LogP contribution in [0.1, 0.15) is 19.3 Å². The minimum atomic E-state index is -0.443. The van der Waals surface area contributed by atoms with E-state index in [0.29, 0.717) is 10.7 Å². The molecule has 1 aliphatic rings. The van der Waals surface area contributed by atoms with Crippen molar-refractivity contribution in [2.24, 2.45) is 0 Å². The van der Waals surface area contributed by atoms with Crippen LogP contribution in [-0.4, -0.2) is 34.9 Å². The lowest BCUT2D eigenvalue weighted by molar-refractivity contribution is -0.113. The number of hydrogen-bond donors (Lipinski definition) is 1. The first kappa shape index (κ1) is 20.7. The van der Waals surface area contributed by atoms with Crippen LogP contribution in [-0.2, 0) is 4.79 Å². The molecule has 1 aliphatic heterocycles. The number of amides is 1. The van der Waals surface area contributed by atoms with Crippen LogP contribution in [0, 0.1) is 5.82 Å². The second kappa shape index (κ2) is 9.49. The molecule has 2 heterocycles. The van der Waals surface area contributed by atoms with Gasteiger partial charge in [0.15, 0.2) is 0 Å². The molecule has 1 N–H and O–H groups in total. The van der Waals surface area contributed by atoms with E-state index in [-0.39, 0.29) is 28.3 Å². The van der Waals surface area contributed by atoms with Crippen LogP contribution in [0.4, 0.5) is 15.8 Å². The highest BCUT2D eigenvalue weighted by Crippen LogP contribution is 2.35. The van der Waals surface area contributed by atoms with Crippen molar-refractivity contribution in [1.82, 2.24) is 10.2 Å². The van der Waals surface area contributed by atoms with E-state index in [1.807, 2.05) is 18.2 Å². The summed E-state index contributed by atoms with van der Waals surface area (Å²) in [5, 5.41) is 11.5. The fourth-order valence-corrected chi connectivity index (χ4v) is 4.24. The van der Waals surface area contributed by atoms with Gasteiger partial charge in [-0.3, -0.25) is 4.79 Å². The Balaban J connectivity index is 1.40. The molecule has 156 valence electrons. The Morgan fingerprint density at radius 2 is 1.93 bits per heavy atom. The van der Waals surface area contributed by atoms with Crippen LogP contribution >= 0.6 is 23.4 Å². The molecule has 1 saturated heterocycles. The van der Waals surface area contributed by atoms with Crippen LogP contribution in [0.5, 0.6) is 0 Å². The van der Waals surface area contributed by atoms with E-state index in [2.05, 4.69) is 20.4 Å². The topological polar surface area (TPSA) is 71.3 Å². The van der Waals surface area contributed by atoms with Gasteiger partial charge in [-0.1, -0.05) is 41.6 Å². The standard InChI is InChI=1S/C21H20ClFN4O2S/c22-15-8-6-10-17(19(15)27-11-4-1-5-12-27)24-18(28)13-30-21-26-25-20(29-21)14-7-2-3-9-16(14)23/h2-3,6-10H,1,4-5,11-13H2,(H,24,28). The highest BCUT2D eigenvalue weighted by Gasteiger charge is 2.19. The third kappa shape index (κ3) is 4.76. The SMILES string of the molecule is O=C(CSc1nnc(-c2ccccc2F)o1)Nc1cccc(Cl)c1N1CCCCC1. The molecule has 0 unspecified atom stereocenters. The number of nitrogens with zero attached hydrogens (tertiary/aromatic N) is 3. The van der Waals surface area contributed by atoms with Crippen LogP contribution < -0.4 is 10.2 Å². The van der Waals surface area contributed by atoms with Crippen LogP contribution in [0.3, 0.4) is 0 Å². The van der Waals surface area contributed by atoms with Gasteiger partial charge in [0.1, 0.15) is 5.82 Å². The van der Waals surface area contributed by atoms with Crippen molar-refractivity contribution < 1.29 is 13.6 Å². The molecule has 6 nitrogen and oxygen atoms in total. The molecule has 30 heavy (non-hydrogen) atoms. The third-order valence-electron chi connectivity index (χ3n) is 4.77. The van der Waals surface area contributed by atoms with Crippen molar-refractivity contribution >= 4 is 40.6 Å². The first-order chi connectivity index (χ1) is 14.6. The lowest BCUT2D eigenvalue weighted by atomic mass is 10.1. The molecular formula is C21H20ClFN4O2S. The molecule has 2 aromatic carbocycles. The minimum absolute atomic E-state index is 0.0743. The Bertz CT molecular complexity index is 1040. The van der Waals surface area contributed by atoms with Gasteiger partial charge in [0, 0.05) is 13.1 Å². The van der Waals surface area contributed by atoms with Gasteiger partial charge in [-0.2, -0.15) is 0 Å². The Morgan fingerprint density at radius 3 is 2.73 bits per heavy atom. The fraction of sp³-hybridized carbons (Fsp3) is 0.286. The number of carbonyl (C=O) groups is 1. The molecule has 0 radical (unpaired) electrons. The summed E-state index contributed by atoms with van der Waals surface area (Å²) in [6.07, 6.45) is 3.42. The average molecular weight is 447 g/mol. The second-order valence-electron chi connectivity index (χ2n) is 6.87. The molecule has 1 aromatic heterocycles. The molecule has 0 bridgehead atoms. The predicted octanol–water partition coefficient (Wildman–Crippen LogP) is 5.25. The second-order valence-corrected chi connectivity index (χ2v) is 8.21. The maximum absolute atomic E-state index is 13.9. The molecule has 0 atom stereocenters. The van der Waals surface area contributed by atoms with Crippen molar-refractivity contribution in [2.45, 2.75) is 24.5 Å². The lowest BCUT2D eigenvalue weighted by Gasteiger charge is -2.31. The number of carbonyl (C=O) groups excluding carboxylic acids is 1. The van der Waals surface area contributed by atoms with Gasteiger partial charge in [-0.05, 0) is 43.5 Å². The van der Waals surface area contributed by atoms with Gasteiger partial charge in [0.05, 0.1) is 27.7 Å². The van der Waals surface area contributed by atoms with Crippen LogP contribution in [0.15, 0.2) is 52.1 Å². The number of anilines is 2. The van der Waals surface area contributed by atoms with E-state index < -0.39 is 5.82 Å². The number of nitrogens with one attached hydrogen (secondary N) is 1. The summed E-state index contributed by atoms with van der Waals surface area (Å²) in [5.74, 6) is -0.503. The minimum Gasteiger partial charge on any atom is -0.411 e. The monoisotopic (exact) mass is 446 g/mol. The number of benzene rings is 2. The number of rotatable bonds is 6. The van der Waals surface area contributed by atoms with E-state index >= 15 is 0 Å². The zero-order valence-corrected chi connectivity index (χ0v) is 17.7. The quantitative estimate of drug-likeness (QED) is 0.521. The van der Waals surface area contributed by atoms with E-state index in [4.69, 9.17) is 16.0 Å². The van der Waals surface area contributed by atoms with Crippen LogP contribution in [0.25, 0.3) is 11.5 Å². The molecule has 0 spiro atoms. The van der Waals surface area contributed by atoms with Gasteiger partial charge >= 0.3 is 0 Å². The Morgan fingerprint density at radius 1 is 1.13 bits per heavy atom. The highest BCUT2D eigenvalue weighted by molar-refractivity contribution is 7.99. The first-order valence-electron chi connectivity index (χ1n) is 9.66. The molecule has 9 heteroatoms. The summed E-state index contributed by atoms with van der Waals surface area (Å²) in [4.78, 5) is 14.7. The predicted molar refractivity (Wildman–Crippen MR) is 117 cm³/mol. The number of piperidine rings is 1. The summed E-state index contributed by atoms with van der Waals surface area (Å²) >= 11 is 7.52. The number of thioether (sulfide) groups is 1. The highest BCUT2D eigenvalue weighted by atomic mass is 35.5. The van der Waals surface area contributed by atoms with Crippen molar-refractivity contribution in [1.29, 1.82) is 0 Å². The van der Waals surface area contributed by atoms with Gasteiger partial charge in [0.2, 0.25) is 5.91 Å². The van der Waals surface area contributed by atoms with E-state index in [0.717, 1.165) is 43.4 Å². The number of hydrogen-bond acceptors (Lipinski definition) is 6. The summed E-state index contributed by atoms with van der Waals surface area (Å²) in [5.41, 5.74) is 1.77. The first-order valence-corrected chi connectivity index (χ1v) is 11.0. The normalized spacial score (nSPS) is 14.0. The largest absolute Gasteiger partial charge is 0.411 e. The summed E-state index contributed by atoms with van der Waals surface area (Å²) in [7, 11) is 0. The van der Waals surface area contributed by atoms with Gasteiger partial charge < -0.3 is 14.6 Å². The molecule has 0 aliphatic carbocycles. The number of aromatic nitrogens is 2. The molecule has 0 saturated carbocycles. The molecule has 3 aromatic rings. The summed E-state index contributed by atoms with van der Waals surface area (Å²) in [6, 6.07) is 11.7. The Hall–Kier alpha value is -2.58. The van der Waals surface area contributed by atoms with E-state index in [1.165, 1.54) is 12.5 Å². The maximum atomic E-state index is 13.9. The summed E-state index contributed by atoms with van der Waals surface area (Å²) in [6.45, 7) is 1.84. The smallest absolute Gasteiger partial charge is 0.277 e. The Kier molecular flexibility index (Phi) is 6.54. The zero-order chi connectivity index (χ0) is 20.9. The molecule has 4 rings (SSSR count). The molecule has 1 amide bonds. The lowest BCUT2D eigenvalue weighted by Crippen LogP contribution is -2.30. The van der Waals surface area contributed by atoms with Crippen molar-refractivity contribution in [2.75, 3.05) is 29.1 Å². The zero-order valence-electron chi connectivity index (χ0n) is 16.1. The van der Waals surface area contributed by atoms with Crippen molar-refractivity contribution in [3.8, 4) is 11.5 Å². The fourth-order valence-electron chi connectivity index (χ4n) is 3.38. The average Bonchev–Trinajstić information content (AvgIpc) is 3.22. The Labute approximate surface area is 182 Å². The number of halogens is 2. The maximum Gasteiger partial charge on any atom is 0.277 e. The van der Waals surface area contributed by atoms with E-state index in [9.17, 15) is 9.18 Å². The van der Waals surface area contributed by atoms with Crippen molar-refractivity contribution in [3.05, 3.63) is 53.3 Å². The summed E-state index contributed by atoms with van der Waals surface area (Å²) < 4.78 is 19.3. The molecular weight excluding hydrogens is 427 g/mol. The van der Waals surface area contributed by atoms with E-state index in [1.54, 1.807) is 18.2 Å². The van der Waals surface area contributed by atoms with Gasteiger partial charge in [-0.25, -0.2) is 4.39 Å². The van der Waals surface area contributed by atoms with Crippen molar-refractivity contribution in [3.63, 3.8) is 0 Å². The van der Waals surface area contributed by atoms with Gasteiger partial charge in [0.25, 0.3) is 11.1 Å². The van der Waals surface area contributed by atoms with Gasteiger partial charge in [-0.15, -0.1) is 10.2 Å². The van der Waals surface area contributed by atoms with Crippen LogP contribution in [0.2, 0.25) is 5.02 Å².